The zero-order chi connectivity index (χ0) is 20.0. The van der Waals surface area contributed by atoms with Gasteiger partial charge < -0.3 is 15.0 Å². The molecular formula is C24H20N2O3. The minimum Gasteiger partial charge on any atom is -0.457 e. The van der Waals surface area contributed by atoms with Crippen molar-refractivity contribution in [3.8, 4) is 11.5 Å². The lowest BCUT2D eigenvalue weighted by molar-refractivity contribution is -0.117. The average molecular weight is 384 g/mol. The van der Waals surface area contributed by atoms with E-state index >= 15 is 0 Å². The lowest BCUT2D eigenvalue weighted by Crippen LogP contribution is -2.26. The summed E-state index contributed by atoms with van der Waals surface area (Å²) in [7, 11) is 0. The van der Waals surface area contributed by atoms with Crippen LogP contribution >= 0.6 is 0 Å². The smallest absolute Gasteiger partial charge is 0.236 e. The van der Waals surface area contributed by atoms with Gasteiger partial charge in [0.25, 0.3) is 0 Å². The van der Waals surface area contributed by atoms with E-state index in [1.54, 1.807) is 4.90 Å². The van der Waals surface area contributed by atoms with Crippen LogP contribution in [0.1, 0.15) is 29.5 Å². The highest BCUT2D eigenvalue weighted by Gasteiger charge is 2.33. The molecule has 0 radical (unpaired) electrons. The van der Waals surface area contributed by atoms with Crippen molar-refractivity contribution in [2.45, 2.75) is 19.3 Å². The third-order valence-corrected chi connectivity index (χ3v) is 5.54. The number of hydrogen-bond donors (Lipinski definition) is 1. The van der Waals surface area contributed by atoms with Crippen LogP contribution in [0.5, 0.6) is 11.5 Å². The van der Waals surface area contributed by atoms with E-state index in [-0.39, 0.29) is 11.8 Å². The Morgan fingerprint density at radius 3 is 2.34 bits per heavy atom. The number of anilines is 2. The number of amides is 2. The topological polar surface area (TPSA) is 58.6 Å². The Kier molecular flexibility index (Phi) is 4.09. The summed E-state index contributed by atoms with van der Waals surface area (Å²) in [5.41, 5.74) is 4.26. The molecule has 0 spiro atoms. The quantitative estimate of drug-likeness (QED) is 0.725. The number of fused-ring (bicyclic) bond motifs is 3. The van der Waals surface area contributed by atoms with Crippen molar-refractivity contribution in [2.75, 3.05) is 16.8 Å². The van der Waals surface area contributed by atoms with E-state index in [1.165, 1.54) is 0 Å². The summed E-state index contributed by atoms with van der Waals surface area (Å²) >= 11 is 0. The van der Waals surface area contributed by atoms with Crippen LogP contribution in [0.3, 0.4) is 0 Å². The Labute approximate surface area is 168 Å². The van der Waals surface area contributed by atoms with Gasteiger partial charge in [0.2, 0.25) is 11.8 Å². The lowest BCUT2D eigenvalue weighted by Gasteiger charge is -2.27. The Bertz CT molecular complexity index is 1090. The van der Waals surface area contributed by atoms with Crippen LogP contribution in [-0.4, -0.2) is 18.4 Å². The van der Waals surface area contributed by atoms with Crippen molar-refractivity contribution in [1.29, 1.82) is 0 Å². The molecule has 2 heterocycles. The molecule has 0 aromatic heterocycles. The van der Waals surface area contributed by atoms with Crippen molar-refractivity contribution in [2.24, 2.45) is 0 Å². The van der Waals surface area contributed by atoms with E-state index in [4.69, 9.17) is 4.74 Å². The molecule has 0 saturated heterocycles. The van der Waals surface area contributed by atoms with Gasteiger partial charge >= 0.3 is 0 Å². The Morgan fingerprint density at radius 1 is 1.03 bits per heavy atom. The van der Waals surface area contributed by atoms with Crippen LogP contribution in [0.15, 0.2) is 66.7 Å². The molecule has 3 aromatic rings. The van der Waals surface area contributed by atoms with Gasteiger partial charge in [-0.15, -0.1) is 0 Å². The molecule has 5 nitrogen and oxygen atoms in total. The first-order valence-electron chi connectivity index (χ1n) is 9.75. The van der Waals surface area contributed by atoms with Crippen LogP contribution in [0.2, 0.25) is 0 Å². The van der Waals surface area contributed by atoms with Crippen LogP contribution in [0.25, 0.3) is 0 Å². The number of hydrogen-bond acceptors (Lipinski definition) is 3. The van der Waals surface area contributed by atoms with E-state index in [2.05, 4.69) is 5.32 Å². The van der Waals surface area contributed by atoms with Crippen LogP contribution in [0.4, 0.5) is 11.4 Å². The maximum atomic E-state index is 13.3. The number of para-hydroxylation sites is 2. The van der Waals surface area contributed by atoms with Crippen molar-refractivity contribution in [1.82, 2.24) is 0 Å². The molecule has 0 aliphatic carbocycles. The van der Waals surface area contributed by atoms with Gasteiger partial charge in [0.05, 0.1) is 12.3 Å². The van der Waals surface area contributed by atoms with Crippen LogP contribution in [0, 0.1) is 0 Å². The van der Waals surface area contributed by atoms with Crippen molar-refractivity contribution >= 4 is 23.2 Å². The van der Waals surface area contributed by atoms with Crippen molar-refractivity contribution in [3.63, 3.8) is 0 Å². The fourth-order valence-corrected chi connectivity index (χ4v) is 4.21. The Morgan fingerprint density at radius 2 is 1.69 bits per heavy atom. The first-order chi connectivity index (χ1) is 14.2. The standard InChI is InChI=1S/C24H20N2O3/c1-2-26-19-12-11-16(13-15(19)14-22(26)27)25-24(28)23-17-7-3-5-9-20(17)29-21-10-6-4-8-18(21)23/h3-13,23H,2,14H2,1H3,(H,25,28). The number of benzene rings is 3. The molecular weight excluding hydrogens is 364 g/mol. The normalized spacial score (nSPS) is 14.7. The molecule has 1 N–H and O–H groups in total. The maximum Gasteiger partial charge on any atom is 0.236 e. The summed E-state index contributed by atoms with van der Waals surface area (Å²) in [6.07, 6.45) is 0.371. The van der Waals surface area contributed by atoms with Gasteiger partial charge in [-0.2, -0.15) is 0 Å². The minimum absolute atomic E-state index is 0.0956. The summed E-state index contributed by atoms with van der Waals surface area (Å²) in [5.74, 6) is 0.912. The highest BCUT2D eigenvalue weighted by molar-refractivity contribution is 6.03. The number of carbonyl (C=O) groups excluding carboxylic acids is 2. The second-order valence-corrected chi connectivity index (χ2v) is 7.26. The van der Waals surface area contributed by atoms with Gasteiger partial charge in [-0.25, -0.2) is 0 Å². The second-order valence-electron chi connectivity index (χ2n) is 7.26. The predicted octanol–water partition coefficient (Wildman–Crippen LogP) is 4.47. The number of carbonyl (C=O) groups is 2. The van der Waals surface area contributed by atoms with Gasteiger partial charge in [-0.05, 0) is 42.8 Å². The van der Waals surface area contributed by atoms with Gasteiger partial charge in [0.1, 0.15) is 11.5 Å². The molecule has 0 saturated carbocycles. The molecule has 5 heteroatoms. The molecule has 2 aliphatic heterocycles. The maximum absolute atomic E-state index is 13.3. The molecule has 2 amide bonds. The summed E-state index contributed by atoms with van der Waals surface area (Å²) in [5, 5.41) is 3.05. The number of nitrogens with zero attached hydrogens (tertiary/aromatic N) is 1. The van der Waals surface area contributed by atoms with Crippen molar-refractivity contribution in [3.05, 3.63) is 83.4 Å². The molecule has 144 valence electrons. The van der Waals surface area contributed by atoms with Gasteiger partial charge in [0.15, 0.2) is 0 Å². The highest BCUT2D eigenvalue weighted by Crippen LogP contribution is 2.44. The zero-order valence-electron chi connectivity index (χ0n) is 16.0. The van der Waals surface area contributed by atoms with E-state index < -0.39 is 5.92 Å². The molecule has 0 fully saturated rings. The highest BCUT2D eigenvalue weighted by atomic mass is 16.5. The third-order valence-electron chi connectivity index (χ3n) is 5.54. The second kappa shape index (κ2) is 6.78. The largest absolute Gasteiger partial charge is 0.457 e. The fraction of sp³-hybridized carbons (Fsp3) is 0.167. The molecule has 5 rings (SSSR count). The zero-order valence-corrected chi connectivity index (χ0v) is 16.0. The van der Waals surface area contributed by atoms with Crippen LogP contribution < -0.4 is 15.0 Å². The summed E-state index contributed by atoms with van der Waals surface area (Å²) in [6, 6.07) is 20.9. The van der Waals surface area contributed by atoms with Gasteiger partial charge in [0, 0.05) is 29.0 Å². The lowest BCUT2D eigenvalue weighted by atomic mass is 9.87. The van der Waals surface area contributed by atoms with Crippen LogP contribution in [-0.2, 0) is 16.0 Å². The van der Waals surface area contributed by atoms with E-state index in [9.17, 15) is 9.59 Å². The number of rotatable bonds is 3. The average Bonchev–Trinajstić information content (AvgIpc) is 3.05. The Hall–Kier alpha value is -3.60. The molecule has 2 aliphatic rings. The predicted molar refractivity (Wildman–Crippen MR) is 112 cm³/mol. The molecule has 29 heavy (non-hydrogen) atoms. The Balaban J connectivity index is 1.48. The summed E-state index contributed by atoms with van der Waals surface area (Å²) in [6.45, 7) is 2.61. The van der Waals surface area contributed by atoms with E-state index in [0.29, 0.717) is 30.2 Å². The monoisotopic (exact) mass is 384 g/mol. The SMILES string of the molecule is CCN1C(=O)Cc2cc(NC(=O)C3c4ccccc4Oc4ccccc43)ccc21. The molecule has 0 atom stereocenters. The molecule has 0 bridgehead atoms. The fourth-order valence-electron chi connectivity index (χ4n) is 4.21. The summed E-state index contributed by atoms with van der Waals surface area (Å²) in [4.78, 5) is 27.2. The van der Waals surface area contributed by atoms with Crippen molar-refractivity contribution < 1.29 is 14.3 Å². The first-order valence-corrected chi connectivity index (χ1v) is 9.75. The minimum atomic E-state index is -0.460. The van der Waals surface area contributed by atoms with E-state index in [0.717, 1.165) is 22.4 Å². The van der Waals surface area contributed by atoms with Gasteiger partial charge in [-0.3, -0.25) is 9.59 Å². The molecule has 0 unspecified atom stereocenters. The first kappa shape index (κ1) is 17.5. The van der Waals surface area contributed by atoms with E-state index in [1.807, 2.05) is 73.7 Å². The summed E-state index contributed by atoms with van der Waals surface area (Å²) < 4.78 is 5.98. The number of likely N-dealkylation sites (N-methyl/N-ethyl adjacent to an activating group) is 1. The third kappa shape index (κ3) is 2.86. The number of ether oxygens (including phenoxy) is 1. The number of nitrogens with one attached hydrogen (secondary N) is 1. The molecule has 3 aromatic carbocycles. The van der Waals surface area contributed by atoms with Gasteiger partial charge in [-0.1, -0.05) is 36.4 Å².